The molecular formula is C15H20N2O2S. The van der Waals surface area contributed by atoms with Crippen LogP contribution in [0.15, 0.2) is 18.2 Å². The number of carbonyl (C=O) groups is 1. The number of ether oxygens (including phenoxy) is 1. The summed E-state index contributed by atoms with van der Waals surface area (Å²) in [4.78, 5) is 12.8. The van der Waals surface area contributed by atoms with Gasteiger partial charge >= 0.3 is 0 Å². The van der Waals surface area contributed by atoms with Crippen molar-refractivity contribution in [2.75, 3.05) is 26.0 Å². The van der Waals surface area contributed by atoms with E-state index in [0.29, 0.717) is 23.7 Å². The Balaban J connectivity index is 2.16. The highest BCUT2D eigenvalue weighted by atomic mass is 32.1. The number of benzene rings is 1. The number of thiophene rings is 1. The zero-order valence-corrected chi connectivity index (χ0v) is 12.8. The third kappa shape index (κ3) is 3.11. The zero-order chi connectivity index (χ0) is 14.7. The number of rotatable bonds is 5. The van der Waals surface area contributed by atoms with Crippen LogP contribution in [0, 0.1) is 12.8 Å². The van der Waals surface area contributed by atoms with Crippen molar-refractivity contribution < 1.29 is 9.53 Å². The molecule has 2 rings (SSSR count). The van der Waals surface area contributed by atoms with Gasteiger partial charge in [-0.05, 0) is 25.0 Å². The maximum absolute atomic E-state index is 12.2. The van der Waals surface area contributed by atoms with Crippen molar-refractivity contribution in [2.24, 2.45) is 5.92 Å². The lowest BCUT2D eigenvalue weighted by molar-refractivity contribution is 0.0939. The molecule has 2 aromatic rings. The first kappa shape index (κ1) is 14.8. The Labute approximate surface area is 122 Å². The second-order valence-corrected chi connectivity index (χ2v) is 6.17. The molecule has 1 aromatic heterocycles. The van der Waals surface area contributed by atoms with E-state index in [0.717, 1.165) is 15.6 Å². The minimum atomic E-state index is -0.107. The third-order valence-electron chi connectivity index (χ3n) is 3.15. The lowest BCUT2D eigenvalue weighted by atomic mass is 10.1. The predicted molar refractivity (Wildman–Crippen MR) is 84.3 cm³/mol. The van der Waals surface area contributed by atoms with Crippen LogP contribution in [-0.4, -0.2) is 26.2 Å². The van der Waals surface area contributed by atoms with E-state index in [9.17, 15) is 4.79 Å². The smallest absolute Gasteiger partial charge is 0.263 e. The van der Waals surface area contributed by atoms with Crippen LogP contribution >= 0.6 is 11.3 Å². The van der Waals surface area contributed by atoms with Crippen molar-refractivity contribution >= 4 is 33.0 Å². The summed E-state index contributed by atoms with van der Waals surface area (Å²) < 4.78 is 6.10. The van der Waals surface area contributed by atoms with Crippen molar-refractivity contribution in [3.63, 3.8) is 0 Å². The van der Waals surface area contributed by atoms with Crippen LogP contribution in [0.2, 0.25) is 0 Å². The van der Waals surface area contributed by atoms with Crippen LogP contribution in [0.5, 0.6) is 0 Å². The van der Waals surface area contributed by atoms with E-state index in [2.05, 4.69) is 5.32 Å². The van der Waals surface area contributed by atoms with Crippen molar-refractivity contribution in [3.05, 3.63) is 28.6 Å². The van der Waals surface area contributed by atoms with E-state index in [4.69, 9.17) is 10.5 Å². The number of hydrogen-bond donors (Lipinski definition) is 2. The molecule has 0 saturated carbocycles. The van der Waals surface area contributed by atoms with E-state index in [1.54, 1.807) is 7.11 Å². The molecule has 1 heterocycles. The number of nitrogens with two attached hydrogens (primary N) is 1. The molecule has 5 heteroatoms. The van der Waals surface area contributed by atoms with E-state index in [1.165, 1.54) is 11.3 Å². The van der Waals surface area contributed by atoms with Gasteiger partial charge in [0.15, 0.2) is 0 Å². The van der Waals surface area contributed by atoms with Gasteiger partial charge < -0.3 is 15.8 Å². The number of nitrogens with one attached hydrogen (secondary N) is 1. The molecule has 108 valence electrons. The molecule has 1 unspecified atom stereocenters. The highest BCUT2D eigenvalue weighted by Gasteiger charge is 2.16. The molecule has 1 atom stereocenters. The number of fused-ring (bicyclic) bond motifs is 1. The van der Waals surface area contributed by atoms with Gasteiger partial charge in [0.25, 0.3) is 5.91 Å². The van der Waals surface area contributed by atoms with Gasteiger partial charge in [-0.25, -0.2) is 0 Å². The minimum absolute atomic E-state index is 0.107. The average Bonchev–Trinajstić information content (AvgIpc) is 2.74. The average molecular weight is 292 g/mol. The number of carbonyl (C=O) groups excluding carboxylic acids is 1. The van der Waals surface area contributed by atoms with E-state index in [1.807, 2.05) is 32.0 Å². The topological polar surface area (TPSA) is 64.3 Å². The second-order valence-electron chi connectivity index (χ2n) is 5.12. The fourth-order valence-electron chi connectivity index (χ4n) is 2.09. The SMILES string of the molecule is COCC(C)CNC(=O)c1sc2ccc(C)cc2c1N. The lowest BCUT2D eigenvalue weighted by Gasteiger charge is -2.11. The first-order valence-corrected chi connectivity index (χ1v) is 7.40. The standard InChI is InChI=1S/C15H20N2O2S/c1-9-4-5-12-11(6-9)13(16)14(20-12)15(18)17-7-10(2)8-19-3/h4-6,10H,7-8,16H2,1-3H3,(H,17,18). The highest BCUT2D eigenvalue weighted by Crippen LogP contribution is 2.34. The van der Waals surface area contributed by atoms with E-state index >= 15 is 0 Å². The number of nitrogen functional groups attached to an aromatic ring is 1. The summed E-state index contributed by atoms with van der Waals surface area (Å²) in [5, 5.41) is 3.87. The molecule has 1 amide bonds. The minimum Gasteiger partial charge on any atom is -0.397 e. The Bertz CT molecular complexity index is 622. The molecule has 0 aliphatic carbocycles. The van der Waals surface area contributed by atoms with Crippen LogP contribution < -0.4 is 11.1 Å². The molecule has 0 spiro atoms. The Morgan fingerprint density at radius 2 is 2.25 bits per heavy atom. The Morgan fingerprint density at radius 3 is 2.95 bits per heavy atom. The van der Waals surface area contributed by atoms with E-state index < -0.39 is 0 Å². The normalized spacial score (nSPS) is 12.6. The van der Waals surface area contributed by atoms with Crippen LogP contribution in [0.25, 0.3) is 10.1 Å². The van der Waals surface area contributed by atoms with Gasteiger partial charge in [0.1, 0.15) is 4.88 Å². The summed E-state index contributed by atoms with van der Waals surface area (Å²) in [6.45, 7) is 5.25. The van der Waals surface area contributed by atoms with Gasteiger partial charge in [0.2, 0.25) is 0 Å². The van der Waals surface area contributed by atoms with Crippen LogP contribution in [0.3, 0.4) is 0 Å². The second kappa shape index (κ2) is 6.24. The van der Waals surface area contributed by atoms with Crippen molar-refractivity contribution in [1.82, 2.24) is 5.32 Å². The number of aryl methyl sites for hydroxylation is 1. The van der Waals surface area contributed by atoms with Gasteiger partial charge in [-0.3, -0.25) is 4.79 Å². The number of hydrogen-bond acceptors (Lipinski definition) is 4. The molecule has 20 heavy (non-hydrogen) atoms. The molecule has 3 N–H and O–H groups in total. The molecular weight excluding hydrogens is 272 g/mol. The summed E-state index contributed by atoms with van der Waals surface area (Å²) in [5.41, 5.74) is 7.81. The Kier molecular flexibility index (Phi) is 4.62. The largest absolute Gasteiger partial charge is 0.397 e. The first-order valence-electron chi connectivity index (χ1n) is 6.58. The van der Waals surface area contributed by atoms with Gasteiger partial charge in [0.05, 0.1) is 12.3 Å². The molecule has 0 bridgehead atoms. The first-order chi connectivity index (χ1) is 9.52. The molecule has 0 saturated heterocycles. The van der Waals surface area contributed by atoms with Crippen molar-refractivity contribution in [3.8, 4) is 0 Å². The van der Waals surface area contributed by atoms with Crippen LogP contribution in [0.4, 0.5) is 5.69 Å². The fourth-order valence-corrected chi connectivity index (χ4v) is 3.11. The maximum atomic E-state index is 12.2. The zero-order valence-electron chi connectivity index (χ0n) is 12.0. The van der Waals surface area contributed by atoms with Gasteiger partial charge in [-0.15, -0.1) is 11.3 Å². The summed E-state index contributed by atoms with van der Waals surface area (Å²) >= 11 is 1.44. The summed E-state index contributed by atoms with van der Waals surface area (Å²) in [6.07, 6.45) is 0. The quantitative estimate of drug-likeness (QED) is 0.890. The molecule has 0 radical (unpaired) electrons. The Hall–Kier alpha value is -1.59. The van der Waals surface area contributed by atoms with Gasteiger partial charge in [-0.2, -0.15) is 0 Å². The predicted octanol–water partition coefficient (Wildman–Crippen LogP) is 2.80. The molecule has 0 fully saturated rings. The summed E-state index contributed by atoms with van der Waals surface area (Å²) in [5.74, 6) is 0.172. The number of amides is 1. The lowest BCUT2D eigenvalue weighted by Crippen LogP contribution is -2.29. The van der Waals surface area contributed by atoms with Gasteiger partial charge in [0, 0.05) is 23.7 Å². The van der Waals surface area contributed by atoms with Crippen molar-refractivity contribution in [2.45, 2.75) is 13.8 Å². The van der Waals surface area contributed by atoms with Crippen LogP contribution in [0.1, 0.15) is 22.2 Å². The van der Waals surface area contributed by atoms with Gasteiger partial charge in [-0.1, -0.05) is 18.6 Å². The highest BCUT2D eigenvalue weighted by molar-refractivity contribution is 7.21. The summed E-state index contributed by atoms with van der Waals surface area (Å²) in [6, 6.07) is 6.06. The molecule has 0 aliphatic heterocycles. The Morgan fingerprint density at radius 1 is 1.50 bits per heavy atom. The summed E-state index contributed by atoms with van der Waals surface area (Å²) in [7, 11) is 1.66. The van der Waals surface area contributed by atoms with E-state index in [-0.39, 0.29) is 11.8 Å². The number of anilines is 1. The molecule has 4 nitrogen and oxygen atoms in total. The third-order valence-corrected chi connectivity index (χ3v) is 4.34. The van der Waals surface area contributed by atoms with Crippen molar-refractivity contribution in [1.29, 1.82) is 0 Å². The fraction of sp³-hybridized carbons (Fsp3) is 0.400. The molecule has 0 aliphatic rings. The molecule has 1 aromatic carbocycles. The number of methoxy groups -OCH3 is 1. The maximum Gasteiger partial charge on any atom is 0.263 e. The monoisotopic (exact) mass is 292 g/mol. The van der Waals surface area contributed by atoms with Crippen LogP contribution in [-0.2, 0) is 4.74 Å².